The summed E-state index contributed by atoms with van der Waals surface area (Å²) in [7, 11) is 1.36. The van der Waals surface area contributed by atoms with Gasteiger partial charge in [0.15, 0.2) is 0 Å². The Morgan fingerprint density at radius 1 is 0.469 bits per heavy atom. The molecule has 2 atom stereocenters. The number of carbonyl (C=O) groups is 1. The first-order valence-electron chi connectivity index (χ1n) is 27.6. The molecule has 0 rings (SSSR count). The van der Waals surface area contributed by atoms with Gasteiger partial charge in [-0.25, -0.2) is 0 Å². The van der Waals surface area contributed by atoms with Gasteiger partial charge in [-0.3, -0.25) is 9.36 Å². The third-order valence-corrected chi connectivity index (χ3v) is 13.2. The maximum absolute atomic E-state index is 12.8. The van der Waals surface area contributed by atoms with Crippen molar-refractivity contribution in [2.75, 3.05) is 54.1 Å². The first-order chi connectivity index (χ1) is 31.1. The van der Waals surface area contributed by atoms with E-state index in [9.17, 15) is 14.3 Å². The number of likely N-dealkylation sites (N-methyl/N-ethyl adjacent to an activating group) is 1. The van der Waals surface area contributed by atoms with Crippen LogP contribution in [-0.4, -0.2) is 70.7 Å². The number of allylic oxidation sites excluding steroid dienone is 4. The lowest BCUT2D eigenvalue weighted by atomic mass is 10.0. The van der Waals surface area contributed by atoms with Crippen molar-refractivity contribution in [2.45, 2.75) is 270 Å². The normalized spacial score (nSPS) is 13.7. The number of hydrogen-bond donors (Lipinski definition) is 0. The first kappa shape index (κ1) is 63.0. The van der Waals surface area contributed by atoms with Crippen LogP contribution in [0.1, 0.15) is 264 Å². The Hall–Kier alpha value is -1.02. The Kier molecular flexibility index (Phi) is 47.7. The molecule has 0 aromatic carbocycles. The number of esters is 1. The maximum atomic E-state index is 12.8. The average Bonchev–Trinajstić information content (AvgIpc) is 3.25. The predicted molar refractivity (Wildman–Crippen MR) is 273 cm³/mol. The lowest BCUT2D eigenvalue weighted by Crippen LogP contribution is -2.37. The van der Waals surface area contributed by atoms with E-state index in [1.165, 1.54) is 212 Å². The van der Waals surface area contributed by atoms with Gasteiger partial charge in [-0.15, -0.1) is 0 Å². The zero-order chi connectivity index (χ0) is 46.9. The molecule has 64 heavy (non-hydrogen) atoms. The Balaban J connectivity index is 4.06. The summed E-state index contributed by atoms with van der Waals surface area (Å²) in [6.07, 6.45) is 57.8. The minimum absolute atomic E-state index is 0.0269. The van der Waals surface area contributed by atoms with Gasteiger partial charge >= 0.3 is 5.97 Å². The maximum Gasteiger partial charge on any atom is 0.306 e. The molecule has 0 amide bonds. The van der Waals surface area contributed by atoms with E-state index in [-0.39, 0.29) is 25.8 Å². The summed E-state index contributed by atoms with van der Waals surface area (Å²) in [5, 5.41) is 0. The molecule has 0 fully saturated rings. The van der Waals surface area contributed by atoms with Crippen LogP contribution in [0.25, 0.3) is 0 Å². The number of phosphoric acid groups is 1. The standard InChI is InChI=1S/C55H108NO7P/c1-6-8-10-12-14-16-18-20-22-24-25-26-27-28-29-30-31-32-34-36-38-40-42-44-46-48-55(57)63-54(53-62-64(58,59)61-51-49-56(3,4)5)52-60-50-47-45-43-41-39-37-35-33-23-21-19-17-15-13-11-9-7-2/h23-25,33,54H,6-22,26-32,34-53H2,1-5H3/b25-24-,33-23-. The van der Waals surface area contributed by atoms with Crippen molar-refractivity contribution in [2.24, 2.45) is 0 Å². The van der Waals surface area contributed by atoms with Crippen LogP contribution in [0.3, 0.4) is 0 Å². The molecular weight excluding hydrogens is 818 g/mol. The molecule has 8 nitrogen and oxygen atoms in total. The minimum Gasteiger partial charge on any atom is -0.756 e. The summed E-state index contributed by atoms with van der Waals surface area (Å²) in [5.74, 6) is -0.331. The van der Waals surface area contributed by atoms with Crippen molar-refractivity contribution in [3.8, 4) is 0 Å². The van der Waals surface area contributed by atoms with E-state index in [0.717, 1.165) is 32.1 Å². The summed E-state index contributed by atoms with van der Waals surface area (Å²) in [6, 6.07) is 0. The number of unbranched alkanes of at least 4 members (excludes halogenated alkanes) is 34. The van der Waals surface area contributed by atoms with Gasteiger partial charge < -0.3 is 27.9 Å². The van der Waals surface area contributed by atoms with Gasteiger partial charge in [0, 0.05) is 13.0 Å². The fourth-order valence-corrected chi connectivity index (χ4v) is 8.68. The van der Waals surface area contributed by atoms with E-state index in [4.69, 9.17) is 18.5 Å². The fourth-order valence-electron chi connectivity index (χ4n) is 7.95. The number of hydrogen-bond acceptors (Lipinski definition) is 7. The minimum atomic E-state index is -4.53. The first-order valence-corrected chi connectivity index (χ1v) is 29.0. The van der Waals surface area contributed by atoms with Gasteiger partial charge in [0.25, 0.3) is 7.82 Å². The monoisotopic (exact) mass is 926 g/mol. The van der Waals surface area contributed by atoms with Crippen LogP contribution >= 0.6 is 7.82 Å². The quantitative estimate of drug-likeness (QED) is 0.0197. The smallest absolute Gasteiger partial charge is 0.306 e. The highest BCUT2D eigenvalue weighted by Gasteiger charge is 2.20. The molecule has 0 aliphatic carbocycles. The Labute approximate surface area is 398 Å². The van der Waals surface area contributed by atoms with Crippen molar-refractivity contribution in [3.63, 3.8) is 0 Å². The lowest BCUT2D eigenvalue weighted by Gasteiger charge is -2.28. The third kappa shape index (κ3) is 52.0. The molecule has 2 unspecified atom stereocenters. The summed E-state index contributed by atoms with van der Waals surface area (Å²) < 4.78 is 34.8. The number of ether oxygens (including phenoxy) is 2. The van der Waals surface area contributed by atoms with Crippen molar-refractivity contribution < 1.29 is 37.3 Å². The molecule has 0 heterocycles. The van der Waals surface area contributed by atoms with Crippen LogP contribution in [0.2, 0.25) is 0 Å². The SMILES string of the molecule is CCCCCCCCC/C=C\CCCCCCCCOCC(COP(=O)([O-])OCC[N+](C)(C)C)OC(=O)CCCCCCCCCCCCCCC/C=C\CCCCCCCCCC. The largest absolute Gasteiger partial charge is 0.756 e. The van der Waals surface area contributed by atoms with Crippen LogP contribution in [0.4, 0.5) is 0 Å². The summed E-state index contributed by atoms with van der Waals surface area (Å²) in [5.41, 5.74) is 0. The lowest BCUT2D eigenvalue weighted by molar-refractivity contribution is -0.870. The molecule has 0 radical (unpaired) electrons. The van der Waals surface area contributed by atoms with Crippen molar-refractivity contribution in [3.05, 3.63) is 24.3 Å². The predicted octanol–water partition coefficient (Wildman–Crippen LogP) is 16.5. The van der Waals surface area contributed by atoms with Crippen LogP contribution in [0, 0.1) is 0 Å². The molecule has 0 N–H and O–H groups in total. The Bertz CT molecular complexity index is 1080. The van der Waals surface area contributed by atoms with Crippen molar-refractivity contribution in [1.82, 2.24) is 0 Å². The van der Waals surface area contributed by atoms with E-state index in [2.05, 4.69) is 38.2 Å². The Morgan fingerprint density at radius 3 is 1.19 bits per heavy atom. The summed E-state index contributed by atoms with van der Waals surface area (Å²) in [6.45, 7) is 5.45. The van der Waals surface area contributed by atoms with E-state index < -0.39 is 13.9 Å². The zero-order valence-electron chi connectivity index (χ0n) is 43.3. The number of nitrogens with zero attached hydrogens (tertiary/aromatic N) is 1. The second-order valence-corrected chi connectivity index (χ2v) is 21.3. The third-order valence-electron chi connectivity index (χ3n) is 12.2. The highest BCUT2D eigenvalue weighted by atomic mass is 31.2. The molecule has 380 valence electrons. The van der Waals surface area contributed by atoms with Gasteiger partial charge in [0.1, 0.15) is 19.3 Å². The molecule has 0 aromatic rings. The number of rotatable bonds is 52. The van der Waals surface area contributed by atoms with Gasteiger partial charge in [0.2, 0.25) is 0 Å². The molecule has 0 aromatic heterocycles. The van der Waals surface area contributed by atoms with Crippen LogP contribution in [0.15, 0.2) is 24.3 Å². The van der Waals surface area contributed by atoms with Crippen molar-refractivity contribution >= 4 is 13.8 Å². The molecule has 0 bridgehead atoms. The second-order valence-electron chi connectivity index (χ2n) is 19.9. The summed E-state index contributed by atoms with van der Waals surface area (Å²) >= 11 is 0. The van der Waals surface area contributed by atoms with E-state index in [1.807, 2.05) is 21.1 Å². The molecule has 0 saturated carbocycles. The number of carbonyl (C=O) groups excluding carboxylic acids is 1. The van der Waals surface area contributed by atoms with Gasteiger partial charge in [-0.05, 0) is 64.2 Å². The molecule has 0 aliphatic heterocycles. The zero-order valence-corrected chi connectivity index (χ0v) is 44.1. The topological polar surface area (TPSA) is 94.1 Å². The molecule has 0 spiro atoms. The highest BCUT2D eigenvalue weighted by molar-refractivity contribution is 7.45. The van der Waals surface area contributed by atoms with Crippen LogP contribution in [-0.2, 0) is 27.9 Å². The average molecular weight is 926 g/mol. The van der Waals surface area contributed by atoms with E-state index in [1.54, 1.807) is 0 Å². The van der Waals surface area contributed by atoms with Gasteiger partial charge in [-0.2, -0.15) is 0 Å². The van der Waals surface area contributed by atoms with Crippen molar-refractivity contribution in [1.29, 1.82) is 0 Å². The molecule has 0 saturated heterocycles. The fraction of sp³-hybridized carbons (Fsp3) is 0.909. The second kappa shape index (κ2) is 48.4. The van der Waals surface area contributed by atoms with Gasteiger partial charge in [-0.1, -0.05) is 218 Å². The highest BCUT2D eigenvalue weighted by Crippen LogP contribution is 2.38. The summed E-state index contributed by atoms with van der Waals surface area (Å²) in [4.78, 5) is 25.2. The molecular formula is C55H108NO7P. The number of phosphoric ester groups is 1. The van der Waals surface area contributed by atoms with Crippen LogP contribution < -0.4 is 4.89 Å². The molecule has 9 heteroatoms. The van der Waals surface area contributed by atoms with E-state index in [0.29, 0.717) is 24.1 Å². The van der Waals surface area contributed by atoms with E-state index >= 15 is 0 Å². The molecule has 0 aliphatic rings. The van der Waals surface area contributed by atoms with Gasteiger partial charge in [0.05, 0.1) is 34.4 Å². The van der Waals surface area contributed by atoms with Crippen LogP contribution in [0.5, 0.6) is 0 Å². The number of quaternary nitrogens is 1. The Morgan fingerprint density at radius 2 is 0.812 bits per heavy atom.